The molecule has 43 valence electrons. The van der Waals surface area contributed by atoms with Crippen LogP contribution in [-0.2, 0) is 25.4 Å². The summed E-state index contributed by atoms with van der Waals surface area (Å²) < 4.78 is 30.8. The molecule has 0 aromatic heterocycles. The third kappa shape index (κ3) is 68.4. The summed E-state index contributed by atoms with van der Waals surface area (Å²) in [5.74, 6) is 0. The fourth-order valence-corrected chi connectivity index (χ4v) is 0. The molecule has 0 fully saturated rings. The van der Waals surface area contributed by atoms with Crippen LogP contribution in [0.4, 0.5) is 0 Å². The summed E-state index contributed by atoms with van der Waals surface area (Å²) >= 11 is -5.35. The normalized spacial score (nSPS) is 6.56. The molecule has 4 nitrogen and oxygen atoms in total. The average Bonchev–Trinajstić information content (AvgIpc) is 0.722. The van der Waals surface area contributed by atoms with Crippen LogP contribution in [0.5, 0.6) is 0 Å². The van der Waals surface area contributed by atoms with E-state index in [0.717, 1.165) is 0 Å². The third-order valence-corrected chi connectivity index (χ3v) is 0. The molecule has 0 aliphatic rings. The van der Waals surface area contributed by atoms with Gasteiger partial charge < -0.3 is 4.28 Å². The van der Waals surface area contributed by atoms with Gasteiger partial charge in [-0.1, -0.05) is 0 Å². The molecule has 0 unspecified atom stereocenters. The second kappa shape index (κ2) is 15.0. The Morgan fingerprint density at radius 1 is 1.22 bits per heavy atom. The maximum atomic E-state index is 8.97. The van der Waals surface area contributed by atoms with Crippen LogP contribution >= 0.6 is 0 Å². The zero-order valence-electron chi connectivity index (χ0n) is 8.64. The van der Waals surface area contributed by atoms with Crippen molar-refractivity contribution >= 4 is 20.1 Å². The summed E-state index contributed by atoms with van der Waals surface area (Å²) in [5, 5.41) is 0. The number of hydrogen-bond donors (Lipinski definition) is 3. The summed E-state index contributed by atoms with van der Waals surface area (Å²) in [6, 6.07) is 0. The van der Waals surface area contributed by atoms with Gasteiger partial charge in [0.2, 0.25) is 0 Å². The number of rotatable bonds is 0. The molecule has 1 radical (unpaired) electrons. The first kappa shape index (κ1) is 29.2. The monoisotopic (exact) mass is 441 g/mol. The quantitative estimate of drug-likeness (QED) is 0.326. The predicted octanol–water partition coefficient (Wildman–Crippen LogP) is -10.8. The van der Waals surface area contributed by atoms with E-state index in [0.29, 0.717) is 0 Å². The Hall–Kier alpha value is 4.47. The van der Waals surface area contributed by atoms with Gasteiger partial charge in [0.1, 0.15) is 0 Å². The van der Waals surface area contributed by atoms with Gasteiger partial charge in [0, 0.05) is 22.4 Å². The Bertz CT molecular complexity index is 76.4. The SMILES string of the molecule is [H-].[H-].[H-].[K+].[Li+].[Na+].[O]=[Sb]([OH])([OH])[OH].[Ta]. The van der Waals surface area contributed by atoms with E-state index in [1.165, 1.54) is 0 Å². The smallest absolute Gasteiger partial charge is 0 e. The minimum atomic E-state index is -5.35. The van der Waals surface area contributed by atoms with E-state index in [1.807, 2.05) is 0 Å². The molecule has 9 heteroatoms. The summed E-state index contributed by atoms with van der Waals surface area (Å²) in [5.41, 5.74) is 0. The van der Waals surface area contributed by atoms with E-state index in [-0.39, 0.29) is 126 Å². The molecular weight excluding hydrogens is 436 g/mol. The summed E-state index contributed by atoms with van der Waals surface area (Å²) in [6.07, 6.45) is 0. The molecule has 0 atom stereocenters. The standard InChI is InChI=1S/K.Li.Na.3H2O.O.Sb.Ta.3H/h;;;3*1H2;;;;;;/q3*+1;;;;;+3;;3*-1/p-3. The van der Waals surface area contributed by atoms with Crippen LogP contribution in [-0.4, -0.2) is 30.2 Å². The molecule has 0 rings (SSSR count). The first-order chi connectivity index (χ1) is 2.00. The second-order valence-electron chi connectivity index (χ2n) is 0.513. The molecule has 0 aromatic carbocycles. The van der Waals surface area contributed by atoms with E-state index in [2.05, 4.69) is 0 Å². The molecule has 0 aliphatic carbocycles. The topological polar surface area (TPSA) is 77.8 Å². The Balaban J connectivity index is -0.00000000381. The van der Waals surface area contributed by atoms with Crippen molar-refractivity contribution in [2.45, 2.75) is 0 Å². The van der Waals surface area contributed by atoms with Crippen LogP contribution < -0.4 is 99.8 Å². The third-order valence-electron chi connectivity index (χ3n) is 0. The fourth-order valence-electron chi connectivity index (χ4n) is 0. The van der Waals surface area contributed by atoms with Gasteiger partial charge in [-0.15, -0.1) is 0 Å². The molecule has 0 aliphatic heterocycles. The molecule has 0 saturated heterocycles. The van der Waals surface area contributed by atoms with Gasteiger partial charge in [-0.3, -0.25) is 0 Å². The Morgan fingerprint density at radius 3 is 1.22 bits per heavy atom. The van der Waals surface area contributed by atoms with Crippen molar-refractivity contribution in [2.24, 2.45) is 0 Å². The van der Waals surface area contributed by atoms with Gasteiger partial charge in [0.15, 0.2) is 0 Å². The largest absolute Gasteiger partial charge is 0 e. The van der Waals surface area contributed by atoms with E-state index in [1.54, 1.807) is 0 Å². The molecule has 9 heavy (non-hydrogen) atoms. The van der Waals surface area contributed by atoms with E-state index in [9.17, 15) is 0 Å². The first-order valence-electron chi connectivity index (χ1n) is 0.783. The van der Waals surface area contributed by atoms with Crippen molar-refractivity contribution in [3.63, 3.8) is 0 Å². The summed E-state index contributed by atoms with van der Waals surface area (Å²) in [4.78, 5) is 0. The van der Waals surface area contributed by atoms with Gasteiger partial charge in [0.25, 0.3) is 0 Å². The van der Waals surface area contributed by atoms with Crippen LogP contribution in [0.25, 0.3) is 0 Å². The van der Waals surface area contributed by atoms with E-state index in [4.69, 9.17) is 13.2 Å². The second-order valence-corrected chi connectivity index (χ2v) is 3.44. The Kier molecular flexibility index (Phi) is 48.6. The van der Waals surface area contributed by atoms with Gasteiger partial charge >= 0.3 is 133 Å². The molecule has 0 heterocycles. The molecule has 0 amide bonds. The van der Waals surface area contributed by atoms with Crippen LogP contribution in [0.15, 0.2) is 0 Å². The van der Waals surface area contributed by atoms with Crippen LogP contribution in [0.3, 0.4) is 0 Å². The molecule has 0 spiro atoms. The Labute approximate surface area is 155 Å². The van der Waals surface area contributed by atoms with E-state index >= 15 is 0 Å². The van der Waals surface area contributed by atoms with E-state index < -0.39 is 20.1 Å². The maximum Gasteiger partial charge on any atom is 0 e. The van der Waals surface area contributed by atoms with Crippen molar-refractivity contribution in [1.82, 2.24) is 0 Å². The van der Waals surface area contributed by atoms with Crippen LogP contribution in [0.2, 0.25) is 0 Å². The average molecular weight is 442 g/mol. The van der Waals surface area contributed by atoms with Crippen molar-refractivity contribution in [2.75, 3.05) is 0 Å². The minimum Gasteiger partial charge on any atom is 0 e. The minimum absolute atomic E-state index is 0. The van der Waals surface area contributed by atoms with Crippen LogP contribution in [0.1, 0.15) is 4.28 Å². The summed E-state index contributed by atoms with van der Waals surface area (Å²) in [6.45, 7) is 0. The fraction of sp³-hybridized carbons (Fsp3) is 0. The zero-order valence-corrected chi connectivity index (χ0v) is 16.5. The molecule has 0 aromatic rings. The zero-order chi connectivity index (χ0) is 4.50. The van der Waals surface area contributed by atoms with Crippen LogP contribution in [0, 0.1) is 0 Å². The molecular formula is H6KLiNaO4SbTa. The molecule has 0 bridgehead atoms. The Morgan fingerprint density at radius 2 is 1.22 bits per heavy atom. The van der Waals surface area contributed by atoms with Gasteiger partial charge in [-0.2, -0.15) is 0 Å². The van der Waals surface area contributed by atoms with Crippen molar-refractivity contribution in [1.29, 1.82) is 0 Å². The number of hydrogen-bond acceptors (Lipinski definition) is 1. The first-order valence-corrected chi connectivity index (χ1v) is 5.25. The summed E-state index contributed by atoms with van der Waals surface area (Å²) in [7, 11) is 0. The van der Waals surface area contributed by atoms with Crippen molar-refractivity contribution in [3.8, 4) is 0 Å². The molecule has 3 N–H and O–H groups in total. The van der Waals surface area contributed by atoms with Gasteiger partial charge in [0.05, 0.1) is 0 Å². The van der Waals surface area contributed by atoms with Gasteiger partial charge in [-0.05, 0) is 0 Å². The van der Waals surface area contributed by atoms with Crippen molar-refractivity contribution in [3.05, 3.63) is 0 Å². The van der Waals surface area contributed by atoms with Gasteiger partial charge in [-0.25, -0.2) is 0 Å². The predicted molar refractivity (Wildman–Crippen MR) is 16.4 cm³/mol. The maximum absolute atomic E-state index is 8.97. The van der Waals surface area contributed by atoms with Crippen molar-refractivity contribution < 1.29 is 140 Å². The molecule has 0 saturated carbocycles.